The Morgan fingerprint density at radius 2 is 1.85 bits per heavy atom. The topological polar surface area (TPSA) is 82.6 Å². The zero-order valence-electron chi connectivity index (χ0n) is 16.0. The van der Waals surface area contributed by atoms with Crippen LogP contribution < -0.4 is 4.90 Å². The minimum atomic E-state index is -0.498. The van der Waals surface area contributed by atoms with E-state index < -0.39 is 5.60 Å². The first kappa shape index (κ1) is 18.6. The molecule has 0 N–H and O–H groups in total. The van der Waals surface area contributed by atoms with Gasteiger partial charge < -0.3 is 19.0 Å². The van der Waals surface area contributed by atoms with Gasteiger partial charge in [-0.1, -0.05) is 19.3 Å². The summed E-state index contributed by atoms with van der Waals surface area (Å²) in [4.78, 5) is 20.4. The van der Waals surface area contributed by atoms with Crippen molar-refractivity contribution in [3.05, 3.63) is 11.6 Å². The summed E-state index contributed by atoms with van der Waals surface area (Å²) in [6.45, 7) is 7.88. The highest BCUT2D eigenvalue weighted by Gasteiger charge is 2.30. The van der Waals surface area contributed by atoms with E-state index in [1.54, 1.807) is 4.90 Å². The predicted molar refractivity (Wildman–Crippen MR) is 97.1 cm³/mol. The standard InChI is InChI=1S/C19H28N4O3/c1-19(2,3)26-18(24)23-11-9-22(10-12-23)17-15(13-20)21-16(25-17)14-7-5-4-6-8-14/h14H,4-12H2,1-3H3. The van der Waals surface area contributed by atoms with Crippen LogP contribution in [-0.2, 0) is 4.74 Å². The van der Waals surface area contributed by atoms with Crippen molar-refractivity contribution >= 4 is 12.0 Å². The molecular formula is C19H28N4O3. The molecule has 7 heteroatoms. The van der Waals surface area contributed by atoms with Crippen molar-refractivity contribution in [3.8, 4) is 6.07 Å². The quantitative estimate of drug-likeness (QED) is 0.800. The first-order valence-electron chi connectivity index (χ1n) is 9.51. The number of hydrogen-bond acceptors (Lipinski definition) is 6. The maximum atomic E-state index is 12.2. The van der Waals surface area contributed by atoms with Gasteiger partial charge in [-0.2, -0.15) is 5.26 Å². The van der Waals surface area contributed by atoms with E-state index in [1.165, 1.54) is 19.3 Å². The fourth-order valence-electron chi connectivity index (χ4n) is 3.56. The number of oxazole rings is 1. The first-order chi connectivity index (χ1) is 12.4. The van der Waals surface area contributed by atoms with Crippen LogP contribution in [0.4, 0.5) is 10.7 Å². The van der Waals surface area contributed by atoms with Gasteiger partial charge in [-0.3, -0.25) is 0 Å². The zero-order chi connectivity index (χ0) is 18.7. The second kappa shape index (κ2) is 7.56. The van der Waals surface area contributed by atoms with Gasteiger partial charge in [0.05, 0.1) is 0 Å². The smallest absolute Gasteiger partial charge is 0.410 e. The van der Waals surface area contributed by atoms with Crippen LogP contribution in [0.1, 0.15) is 70.4 Å². The highest BCUT2D eigenvalue weighted by Crippen LogP contribution is 2.35. The molecule has 2 heterocycles. The van der Waals surface area contributed by atoms with Crippen LogP contribution in [0.15, 0.2) is 4.42 Å². The largest absolute Gasteiger partial charge is 0.444 e. The van der Waals surface area contributed by atoms with Crippen LogP contribution >= 0.6 is 0 Å². The van der Waals surface area contributed by atoms with E-state index in [4.69, 9.17) is 9.15 Å². The van der Waals surface area contributed by atoms with Crippen molar-refractivity contribution in [1.29, 1.82) is 5.26 Å². The predicted octanol–water partition coefficient (Wildman–Crippen LogP) is 3.65. The van der Waals surface area contributed by atoms with Gasteiger partial charge in [-0.05, 0) is 33.6 Å². The van der Waals surface area contributed by atoms with Gasteiger partial charge in [-0.15, -0.1) is 0 Å². The lowest BCUT2D eigenvalue weighted by atomic mass is 9.89. The van der Waals surface area contributed by atoms with Crippen LogP contribution in [0.3, 0.4) is 0 Å². The molecule has 3 rings (SSSR count). The Morgan fingerprint density at radius 3 is 2.42 bits per heavy atom. The normalized spacial score (nSPS) is 19.3. The molecule has 7 nitrogen and oxygen atoms in total. The minimum Gasteiger partial charge on any atom is -0.444 e. The minimum absolute atomic E-state index is 0.293. The van der Waals surface area contributed by atoms with Crippen molar-refractivity contribution in [1.82, 2.24) is 9.88 Å². The molecule has 1 aromatic rings. The summed E-state index contributed by atoms with van der Waals surface area (Å²) in [5, 5.41) is 9.44. The number of nitriles is 1. The number of nitrogens with zero attached hydrogens (tertiary/aromatic N) is 4. The van der Waals surface area contributed by atoms with E-state index in [0.29, 0.717) is 49.6 Å². The number of aromatic nitrogens is 1. The third-order valence-electron chi connectivity index (χ3n) is 4.90. The van der Waals surface area contributed by atoms with E-state index in [2.05, 4.69) is 11.1 Å². The number of hydrogen-bond donors (Lipinski definition) is 0. The molecule has 142 valence electrons. The van der Waals surface area contributed by atoms with Crippen LogP contribution in [0.5, 0.6) is 0 Å². The first-order valence-corrected chi connectivity index (χ1v) is 9.51. The van der Waals surface area contributed by atoms with E-state index in [1.807, 2.05) is 25.7 Å². The van der Waals surface area contributed by atoms with Crippen molar-refractivity contribution in [2.45, 2.75) is 64.4 Å². The molecule has 1 saturated carbocycles. The Hall–Kier alpha value is -2.23. The lowest BCUT2D eigenvalue weighted by molar-refractivity contribution is 0.0239. The maximum Gasteiger partial charge on any atom is 0.410 e. The number of piperazine rings is 1. The number of amides is 1. The Kier molecular flexibility index (Phi) is 5.40. The van der Waals surface area contributed by atoms with Gasteiger partial charge in [0, 0.05) is 32.1 Å². The molecule has 0 radical (unpaired) electrons. The van der Waals surface area contributed by atoms with E-state index in [-0.39, 0.29) is 6.09 Å². The highest BCUT2D eigenvalue weighted by atomic mass is 16.6. The molecule has 1 aliphatic heterocycles. The Balaban J connectivity index is 1.65. The number of anilines is 1. The number of carbonyl (C=O) groups excluding carboxylic acids is 1. The molecule has 1 amide bonds. The summed E-state index contributed by atoms with van der Waals surface area (Å²) in [5.41, 5.74) is -0.140. The van der Waals surface area contributed by atoms with Crippen molar-refractivity contribution in [2.24, 2.45) is 0 Å². The SMILES string of the molecule is CC(C)(C)OC(=O)N1CCN(c2oc(C3CCCCC3)nc2C#N)CC1. The Morgan fingerprint density at radius 1 is 1.19 bits per heavy atom. The molecule has 0 bridgehead atoms. The molecule has 2 fully saturated rings. The van der Waals surface area contributed by atoms with Crippen molar-refractivity contribution in [2.75, 3.05) is 31.1 Å². The summed E-state index contributed by atoms with van der Waals surface area (Å²) in [7, 11) is 0. The van der Waals surface area contributed by atoms with Gasteiger partial charge in [0.2, 0.25) is 17.5 Å². The fourth-order valence-corrected chi connectivity index (χ4v) is 3.56. The number of rotatable bonds is 2. The maximum absolute atomic E-state index is 12.2. The second-order valence-corrected chi connectivity index (χ2v) is 8.11. The highest BCUT2D eigenvalue weighted by molar-refractivity contribution is 5.68. The van der Waals surface area contributed by atoms with Crippen LogP contribution in [0, 0.1) is 11.3 Å². The molecule has 2 aliphatic rings. The van der Waals surface area contributed by atoms with Crippen molar-refractivity contribution < 1.29 is 13.9 Å². The van der Waals surface area contributed by atoms with Crippen molar-refractivity contribution in [3.63, 3.8) is 0 Å². The molecule has 1 saturated heterocycles. The Bertz CT molecular complexity index is 672. The molecule has 26 heavy (non-hydrogen) atoms. The summed E-state index contributed by atoms with van der Waals surface area (Å²) in [6.07, 6.45) is 5.52. The van der Waals surface area contributed by atoms with Crippen LogP contribution in [0.2, 0.25) is 0 Å². The third kappa shape index (κ3) is 4.29. The summed E-state index contributed by atoms with van der Waals surface area (Å²) < 4.78 is 11.4. The van der Waals surface area contributed by atoms with Gasteiger partial charge >= 0.3 is 6.09 Å². The monoisotopic (exact) mass is 360 g/mol. The summed E-state index contributed by atoms with van der Waals surface area (Å²) in [6, 6.07) is 2.17. The van der Waals surface area contributed by atoms with Gasteiger partial charge in [0.1, 0.15) is 11.7 Å². The van der Waals surface area contributed by atoms with Crippen LogP contribution in [-0.4, -0.2) is 47.8 Å². The molecule has 1 aliphatic carbocycles. The number of ether oxygens (including phenoxy) is 1. The molecule has 0 atom stereocenters. The molecule has 0 unspecified atom stereocenters. The Labute approximate surface area is 154 Å². The lowest BCUT2D eigenvalue weighted by Crippen LogP contribution is -2.50. The molecule has 1 aromatic heterocycles. The van der Waals surface area contributed by atoms with Gasteiger partial charge in [0.25, 0.3) is 0 Å². The van der Waals surface area contributed by atoms with E-state index >= 15 is 0 Å². The summed E-state index contributed by atoms with van der Waals surface area (Å²) in [5.74, 6) is 1.58. The molecule has 0 aromatic carbocycles. The van der Waals surface area contributed by atoms with E-state index in [0.717, 1.165) is 12.8 Å². The third-order valence-corrected chi connectivity index (χ3v) is 4.90. The summed E-state index contributed by atoms with van der Waals surface area (Å²) >= 11 is 0. The average molecular weight is 360 g/mol. The van der Waals surface area contributed by atoms with Crippen LogP contribution in [0.25, 0.3) is 0 Å². The average Bonchev–Trinajstić information content (AvgIpc) is 3.05. The second-order valence-electron chi connectivity index (χ2n) is 8.11. The number of carbonyl (C=O) groups is 1. The van der Waals surface area contributed by atoms with E-state index in [9.17, 15) is 10.1 Å². The lowest BCUT2D eigenvalue weighted by Gasteiger charge is -2.35. The fraction of sp³-hybridized carbons (Fsp3) is 0.737. The molecule has 0 spiro atoms. The van der Waals surface area contributed by atoms with Gasteiger partial charge in [0.15, 0.2) is 0 Å². The zero-order valence-corrected chi connectivity index (χ0v) is 16.0. The molecular weight excluding hydrogens is 332 g/mol. The van der Waals surface area contributed by atoms with Gasteiger partial charge in [-0.25, -0.2) is 9.78 Å².